The Morgan fingerprint density at radius 3 is 1.39 bits per heavy atom. The monoisotopic (exact) mass is 489 g/mol. The van der Waals surface area contributed by atoms with Gasteiger partial charge in [0.05, 0.1) is 37.3 Å². The average molecular weight is 490 g/mol. The highest BCUT2D eigenvalue weighted by Crippen LogP contribution is 2.14. The summed E-state index contributed by atoms with van der Waals surface area (Å²) in [5, 5.41) is 0. The Bertz CT molecular complexity index is 560. The van der Waals surface area contributed by atoms with Crippen LogP contribution in [0.3, 0.4) is 0 Å². The Labute approximate surface area is 206 Å². The standard InChI is InChI=1S/C27H55NO4S/c1-4-5-6-7-8-9-10-11-12-13-14-15-16-17-18-22-27(29)23-19-20-24-28(2,3)25-21-26-33(30,31)32/h4-26H2,1-3H3. The average Bonchev–Trinajstić information content (AvgIpc) is 2.73. The third-order valence-electron chi connectivity index (χ3n) is 6.69. The molecule has 0 bridgehead atoms. The van der Waals surface area contributed by atoms with E-state index >= 15 is 0 Å². The lowest BCUT2D eigenvalue weighted by Crippen LogP contribution is -2.41. The normalized spacial score (nSPS) is 12.4. The maximum Gasteiger partial charge on any atom is 0.132 e. The van der Waals surface area contributed by atoms with Crippen molar-refractivity contribution in [3.8, 4) is 0 Å². The minimum atomic E-state index is -4.11. The van der Waals surface area contributed by atoms with E-state index in [0.29, 0.717) is 29.7 Å². The molecule has 0 rings (SSSR count). The molecule has 33 heavy (non-hydrogen) atoms. The van der Waals surface area contributed by atoms with Gasteiger partial charge >= 0.3 is 0 Å². The maximum absolute atomic E-state index is 12.1. The number of hydrogen-bond donors (Lipinski definition) is 0. The number of nitrogens with zero attached hydrogens (tertiary/aromatic N) is 1. The zero-order chi connectivity index (χ0) is 24.8. The number of rotatable bonds is 25. The van der Waals surface area contributed by atoms with Crippen LogP contribution in [-0.2, 0) is 14.9 Å². The fraction of sp³-hybridized carbons (Fsp3) is 0.963. The van der Waals surface area contributed by atoms with Gasteiger partial charge in [-0.05, 0) is 19.3 Å². The molecule has 198 valence electrons. The predicted octanol–water partition coefficient (Wildman–Crippen LogP) is 7.00. The van der Waals surface area contributed by atoms with Crippen molar-refractivity contribution < 1.29 is 22.2 Å². The molecule has 0 spiro atoms. The number of hydrogen-bond acceptors (Lipinski definition) is 4. The summed E-state index contributed by atoms with van der Waals surface area (Å²) in [7, 11) is -0.0128. The zero-order valence-electron chi connectivity index (χ0n) is 22.3. The van der Waals surface area contributed by atoms with E-state index in [1.54, 1.807) is 0 Å². The van der Waals surface area contributed by atoms with Crippen molar-refractivity contribution in [1.82, 2.24) is 0 Å². The van der Waals surface area contributed by atoms with Gasteiger partial charge in [-0.1, -0.05) is 96.8 Å². The van der Waals surface area contributed by atoms with Crippen molar-refractivity contribution in [2.45, 2.75) is 135 Å². The van der Waals surface area contributed by atoms with Gasteiger partial charge in [0.2, 0.25) is 0 Å². The Morgan fingerprint density at radius 1 is 0.606 bits per heavy atom. The lowest BCUT2D eigenvalue weighted by Gasteiger charge is -2.30. The number of carbonyl (C=O) groups excluding carboxylic acids is 1. The number of quaternary nitrogens is 1. The van der Waals surface area contributed by atoms with Crippen LogP contribution in [0.1, 0.15) is 135 Å². The second kappa shape index (κ2) is 20.9. The summed E-state index contributed by atoms with van der Waals surface area (Å²) in [5.74, 6) is 0.0966. The van der Waals surface area contributed by atoms with Crippen molar-refractivity contribution in [3.05, 3.63) is 0 Å². The minimum absolute atomic E-state index is 0.285. The maximum atomic E-state index is 12.1. The molecule has 0 amide bonds. The summed E-state index contributed by atoms with van der Waals surface area (Å²) in [6.07, 6.45) is 23.8. The first-order chi connectivity index (χ1) is 15.7. The molecule has 0 unspecified atom stereocenters. The zero-order valence-corrected chi connectivity index (χ0v) is 23.1. The molecular weight excluding hydrogens is 434 g/mol. The summed E-state index contributed by atoms with van der Waals surface area (Å²) in [4.78, 5) is 12.1. The lowest BCUT2D eigenvalue weighted by atomic mass is 10.0. The molecule has 0 aliphatic carbocycles. The Hall–Kier alpha value is -0.460. The van der Waals surface area contributed by atoms with Crippen LogP contribution in [0.5, 0.6) is 0 Å². The number of unbranched alkanes of at least 4 members (excludes halogenated alkanes) is 15. The van der Waals surface area contributed by atoms with E-state index in [-0.39, 0.29) is 5.75 Å². The molecular formula is C27H55NO4S. The summed E-state index contributed by atoms with van der Waals surface area (Å²) in [6.45, 7) is 3.85. The first-order valence-electron chi connectivity index (χ1n) is 13.9. The lowest BCUT2D eigenvalue weighted by molar-refractivity contribution is -0.890. The van der Waals surface area contributed by atoms with Gasteiger partial charge in [-0.3, -0.25) is 4.79 Å². The fourth-order valence-electron chi connectivity index (χ4n) is 4.46. The van der Waals surface area contributed by atoms with E-state index in [9.17, 15) is 17.8 Å². The molecule has 0 aliphatic heterocycles. The topological polar surface area (TPSA) is 74.3 Å². The molecule has 0 heterocycles. The molecule has 0 radical (unpaired) electrons. The van der Waals surface area contributed by atoms with Crippen molar-refractivity contribution >= 4 is 15.9 Å². The van der Waals surface area contributed by atoms with Crippen LogP contribution in [0.25, 0.3) is 0 Å². The molecule has 0 aliphatic rings. The first-order valence-corrected chi connectivity index (χ1v) is 15.5. The Morgan fingerprint density at radius 2 is 0.970 bits per heavy atom. The van der Waals surface area contributed by atoms with Crippen LogP contribution in [0.15, 0.2) is 0 Å². The third-order valence-corrected chi connectivity index (χ3v) is 7.47. The molecule has 0 N–H and O–H groups in total. The smallest absolute Gasteiger partial charge is 0.132 e. The van der Waals surface area contributed by atoms with Gasteiger partial charge < -0.3 is 9.04 Å². The van der Waals surface area contributed by atoms with Gasteiger partial charge in [0, 0.05) is 25.0 Å². The number of carbonyl (C=O) groups is 1. The molecule has 0 saturated carbocycles. The molecule has 6 heteroatoms. The highest BCUT2D eigenvalue weighted by Gasteiger charge is 2.15. The van der Waals surface area contributed by atoms with Crippen molar-refractivity contribution in [2.75, 3.05) is 32.9 Å². The quantitative estimate of drug-likeness (QED) is 0.0786. The highest BCUT2D eigenvalue weighted by atomic mass is 32.2. The van der Waals surface area contributed by atoms with Crippen LogP contribution in [0, 0.1) is 0 Å². The van der Waals surface area contributed by atoms with Crippen LogP contribution >= 0.6 is 0 Å². The van der Waals surface area contributed by atoms with Crippen LogP contribution in [0.4, 0.5) is 0 Å². The first kappa shape index (κ1) is 32.5. The molecule has 0 aromatic heterocycles. The van der Waals surface area contributed by atoms with Crippen molar-refractivity contribution in [3.63, 3.8) is 0 Å². The predicted molar refractivity (Wildman–Crippen MR) is 139 cm³/mol. The second-order valence-corrected chi connectivity index (χ2v) is 12.2. The van der Waals surface area contributed by atoms with Crippen molar-refractivity contribution in [1.29, 1.82) is 0 Å². The number of Topliss-reactive ketones (excluding diaryl/α,β-unsaturated/α-hetero) is 1. The minimum Gasteiger partial charge on any atom is -0.748 e. The molecule has 0 saturated heterocycles. The van der Waals surface area contributed by atoms with Gasteiger partial charge in [-0.25, -0.2) is 8.42 Å². The summed E-state index contributed by atoms with van der Waals surface area (Å²) < 4.78 is 32.8. The van der Waals surface area contributed by atoms with E-state index in [1.807, 2.05) is 0 Å². The van der Waals surface area contributed by atoms with E-state index in [2.05, 4.69) is 21.0 Å². The summed E-state index contributed by atoms with van der Waals surface area (Å²) >= 11 is 0. The van der Waals surface area contributed by atoms with Crippen LogP contribution in [-0.4, -0.2) is 56.2 Å². The molecule has 0 atom stereocenters. The van der Waals surface area contributed by atoms with Gasteiger partial charge in [-0.2, -0.15) is 0 Å². The Balaban J connectivity index is 3.41. The van der Waals surface area contributed by atoms with Gasteiger partial charge in [0.25, 0.3) is 0 Å². The number of ketones is 1. The molecule has 0 aromatic carbocycles. The molecule has 0 fully saturated rings. The van der Waals surface area contributed by atoms with E-state index < -0.39 is 10.1 Å². The fourth-order valence-corrected chi connectivity index (χ4v) is 4.94. The van der Waals surface area contributed by atoms with E-state index in [1.165, 1.54) is 89.9 Å². The largest absolute Gasteiger partial charge is 0.748 e. The molecule has 5 nitrogen and oxygen atoms in total. The van der Waals surface area contributed by atoms with Crippen molar-refractivity contribution in [2.24, 2.45) is 0 Å². The van der Waals surface area contributed by atoms with Crippen LogP contribution < -0.4 is 0 Å². The molecule has 0 aromatic rings. The van der Waals surface area contributed by atoms with Gasteiger partial charge in [-0.15, -0.1) is 0 Å². The van der Waals surface area contributed by atoms with Gasteiger partial charge in [0.15, 0.2) is 0 Å². The summed E-state index contributed by atoms with van der Waals surface area (Å²) in [5.41, 5.74) is 0. The highest BCUT2D eigenvalue weighted by molar-refractivity contribution is 7.85. The van der Waals surface area contributed by atoms with Gasteiger partial charge in [0.1, 0.15) is 5.78 Å². The van der Waals surface area contributed by atoms with Crippen LogP contribution in [0.2, 0.25) is 0 Å². The third kappa shape index (κ3) is 26.0. The second-order valence-electron chi connectivity index (χ2n) is 10.7. The van der Waals surface area contributed by atoms with E-state index in [0.717, 1.165) is 32.2 Å². The SMILES string of the molecule is CCCCCCCCCCCCCCCCCC(=O)CCCC[N+](C)(C)CCCS(=O)(=O)[O-]. The van der Waals surface area contributed by atoms with E-state index in [4.69, 9.17) is 0 Å². The summed E-state index contributed by atoms with van der Waals surface area (Å²) in [6, 6.07) is 0. The Kier molecular flexibility index (Phi) is 20.6.